The first-order valence-corrected chi connectivity index (χ1v) is 7.74. The molecule has 0 saturated heterocycles. The molecule has 1 aromatic carbocycles. The molecule has 0 bridgehead atoms. The molecule has 0 fully saturated rings. The first-order valence-electron chi connectivity index (χ1n) is 7.74. The number of nitrogens with one attached hydrogen (secondary N) is 1. The molecule has 5 nitrogen and oxygen atoms in total. The molecular weight excluding hydrogens is 331 g/mol. The maximum atomic E-state index is 12.6. The van der Waals surface area contributed by atoms with E-state index in [-0.39, 0.29) is 0 Å². The first kappa shape index (κ1) is 17.1. The predicted octanol–water partition coefficient (Wildman–Crippen LogP) is 3.60. The molecule has 25 heavy (non-hydrogen) atoms. The minimum Gasteiger partial charge on any atom is -0.366 e. The minimum atomic E-state index is -4.32. The van der Waals surface area contributed by atoms with Crippen molar-refractivity contribution in [2.45, 2.75) is 26.2 Å². The summed E-state index contributed by atoms with van der Waals surface area (Å²) in [6, 6.07) is 6.95. The highest BCUT2D eigenvalue weighted by Crippen LogP contribution is 2.29. The standard InChI is InChI=1S/C17H18F3N5/c1-12-14(11-24(2)23-12)9-21-16-7-8-22-25(16)10-13-3-5-15(6-4-13)17(18,19)20/h3-8,11,21H,9-10H2,1-2H3. The number of aromatic nitrogens is 4. The number of benzene rings is 1. The van der Waals surface area contributed by atoms with Crippen molar-refractivity contribution in [3.8, 4) is 0 Å². The molecule has 0 aliphatic heterocycles. The smallest absolute Gasteiger partial charge is 0.366 e. The van der Waals surface area contributed by atoms with Gasteiger partial charge in [0.05, 0.1) is 24.0 Å². The second kappa shape index (κ2) is 6.62. The largest absolute Gasteiger partial charge is 0.416 e. The van der Waals surface area contributed by atoms with Crippen LogP contribution in [0.1, 0.15) is 22.4 Å². The fourth-order valence-electron chi connectivity index (χ4n) is 2.59. The van der Waals surface area contributed by atoms with E-state index in [1.54, 1.807) is 15.6 Å². The lowest BCUT2D eigenvalue weighted by Crippen LogP contribution is -2.10. The van der Waals surface area contributed by atoms with Crippen LogP contribution in [0.2, 0.25) is 0 Å². The van der Waals surface area contributed by atoms with Crippen molar-refractivity contribution in [3.05, 3.63) is 65.1 Å². The molecule has 3 rings (SSSR count). The average Bonchev–Trinajstić information content (AvgIpc) is 3.10. The normalized spacial score (nSPS) is 11.7. The van der Waals surface area contributed by atoms with Crippen LogP contribution >= 0.6 is 0 Å². The second-order valence-corrected chi connectivity index (χ2v) is 5.84. The van der Waals surface area contributed by atoms with Crippen LogP contribution in [0.25, 0.3) is 0 Å². The summed E-state index contributed by atoms with van der Waals surface area (Å²) in [7, 11) is 1.87. The SMILES string of the molecule is Cc1nn(C)cc1CNc1ccnn1Cc1ccc(C(F)(F)F)cc1. The monoisotopic (exact) mass is 349 g/mol. The second-order valence-electron chi connectivity index (χ2n) is 5.84. The van der Waals surface area contributed by atoms with Gasteiger partial charge in [-0.1, -0.05) is 12.1 Å². The van der Waals surface area contributed by atoms with Crippen LogP contribution in [-0.4, -0.2) is 19.6 Å². The number of hydrogen-bond acceptors (Lipinski definition) is 3. The maximum Gasteiger partial charge on any atom is 0.416 e. The van der Waals surface area contributed by atoms with Gasteiger partial charge >= 0.3 is 6.18 Å². The van der Waals surface area contributed by atoms with Crippen LogP contribution in [0.3, 0.4) is 0 Å². The van der Waals surface area contributed by atoms with E-state index in [0.717, 1.165) is 34.8 Å². The van der Waals surface area contributed by atoms with E-state index in [0.29, 0.717) is 13.1 Å². The van der Waals surface area contributed by atoms with Gasteiger partial charge in [-0.15, -0.1) is 0 Å². The van der Waals surface area contributed by atoms with Gasteiger partial charge in [-0.05, 0) is 24.6 Å². The van der Waals surface area contributed by atoms with E-state index >= 15 is 0 Å². The Morgan fingerprint density at radius 1 is 1.12 bits per heavy atom. The lowest BCUT2D eigenvalue weighted by atomic mass is 10.1. The van der Waals surface area contributed by atoms with Crippen LogP contribution in [0.5, 0.6) is 0 Å². The molecule has 0 atom stereocenters. The summed E-state index contributed by atoms with van der Waals surface area (Å²) in [6.07, 6.45) is -0.722. The molecule has 132 valence electrons. The van der Waals surface area contributed by atoms with E-state index < -0.39 is 11.7 Å². The fourth-order valence-corrected chi connectivity index (χ4v) is 2.59. The Hall–Kier alpha value is -2.77. The number of aryl methyl sites for hydroxylation is 2. The molecule has 0 aliphatic rings. The van der Waals surface area contributed by atoms with Crippen molar-refractivity contribution >= 4 is 5.82 Å². The van der Waals surface area contributed by atoms with Crippen LogP contribution in [0, 0.1) is 6.92 Å². The molecule has 1 N–H and O–H groups in total. The van der Waals surface area contributed by atoms with Crippen molar-refractivity contribution < 1.29 is 13.2 Å². The Morgan fingerprint density at radius 3 is 2.44 bits per heavy atom. The van der Waals surface area contributed by atoms with Gasteiger partial charge in [0.25, 0.3) is 0 Å². The molecule has 8 heteroatoms. The number of anilines is 1. The third-order valence-electron chi connectivity index (χ3n) is 3.91. The van der Waals surface area contributed by atoms with Gasteiger partial charge in [0.15, 0.2) is 0 Å². The number of halogens is 3. The van der Waals surface area contributed by atoms with Gasteiger partial charge in [-0.2, -0.15) is 23.4 Å². The molecule has 0 aliphatic carbocycles. The van der Waals surface area contributed by atoms with Crippen LogP contribution in [0.15, 0.2) is 42.7 Å². The van der Waals surface area contributed by atoms with E-state index in [2.05, 4.69) is 15.5 Å². The summed E-state index contributed by atoms with van der Waals surface area (Å²) in [4.78, 5) is 0. The Kier molecular flexibility index (Phi) is 4.52. The topological polar surface area (TPSA) is 47.7 Å². The van der Waals surface area contributed by atoms with Crippen LogP contribution in [0.4, 0.5) is 19.0 Å². The van der Waals surface area contributed by atoms with Crippen LogP contribution in [-0.2, 0) is 26.3 Å². The number of nitrogens with zero attached hydrogens (tertiary/aromatic N) is 4. The summed E-state index contributed by atoms with van der Waals surface area (Å²) in [6.45, 7) is 2.92. The molecule has 3 aromatic rings. The fraction of sp³-hybridized carbons (Fsp3) is 0.294. The molecule has 0 radical (unpaired) electrons. The van der Waals surface area contributed by atoms with Crippen molar-refractivity contribution in [1.29, 1.82) is 0 Å². The third-order valence-corrected chi connectivity index (χ3v) is 3.91. The quantitative estimate of drug-likeness (QED) is 0.766. The van der Waals surface area contributed by atoms with Gasteiger partial charge < -0.3 is 5.32 Å². The minimum absolute atomic E-state index is 0.388. The molecule has 0 amide bonds. The van der Waals surface area contributed by atoms with E-state index in [4.69, 9.17) is 0 Å². The van der Waals surface area contributed by atoms with Gasteiger partial charge in [-0.3, -0.25) is 4.68 Å². The van der Waals surface area contributed by atoms with Gasteiger partial charge in [-0.25, -0.2) is 4.68 Å². The third kappa shape index (κ3) is 4.01. The van der Waals surface area contributed by atoms with Crippen LogP contribution < -0.4 is 5.32 Å². The molecule has 0 spiro atoms. The van der Waals surface area contributed by atoms with E-state index in [1.807, 2.05) is 26.2 Å². The Balaban J connectivity index is 1.68. The van der Waals surface area contributed by atoms with E-state index in [1.165, 1.54) is 12.1 Å². The predicted molar refractivity (Wildman–Crippen MR) is 88.0 cm³/mol. The molecule has 0 unspecified atom stereocenters. The van der Waals surface area contributed by atoms with Gasteiger partial charge in [0, 0.05) is 31.4 Å². The molecule has 2 heterocycles. The van der Waals surface area contributed by atoms with Gasteiger partial charge in [0.2, 0.25) is 0 Å². The van der Waals surface area contributed by atoms with Crippen molar-refractivity contribution in [3.63, 3.8) is 0 Å². The summed E-state index contributed by atoms with van der Waals surface area (Å²) in [5.41, 5.74) is 2.12. The Bertz CT molecular complexity index is 846. The maximum absolute atomic E-state index is 12.6. The lowest BCUT2D eigenvalue weighted by Gasteiger charge is -2.11. The summed E-state index contributed by atoms with van der Waals surface area (Å²) in [5.74, 6) is 0.795. The van der Waals surface area contributed by atoms with Gasteiger partial charge in [0.1, 0.15) is 5.82 Å². The van der Waals surface area contributed by atoms with Crippen molar-refractivity contribution in [2.75, 3.05) is 5.32 Å². The highest BCUT2D eigenvalue weighted by Gasteiger charge is 2.29. The van der Waals surface area contributed by atoms with E-state index in [9.17, 15) is 13.2 Å². The van der Waals surface area contributed by atoms with Crippen molar-refractivity contribution in [2.24, 2.45) is 7.05 Å². The number of hydrogen-bond donors (Lipinski definition) is 1. The summed E-state index contributed by atoms with van der Waals surface area (Å²) in [5, 5.41) is 11.8. The average molecular weight is 349 g/mol. The number of rotatable bonds is 5. The molecule has 0 saturated carbocycles. The summed E-state index contributed by atoms with van der Waals surface area (Å²) >= 11 is 0. The zero-order chi connectivity index (χ0) is 18.0. The summed E-state index contributed by atoms with van der Waals surface area (Å²) < 4.78 is 41.3. The van der Waals surface area contributed by atoms with Crippen molar-refractivity contribution in [1.82, 2.24) is 19.6 Å². The Morgan fingerprint density at radius 2 is 1.84 bits per heavy atom. The lowest BCUT2D eigenvalue weighted by molar-refractivity contribution is -0.137. The number of alkyl halides is 3. The zero-order valence-electron chi connectivity index (χ0n) is 13.9. The molecular formula is C17H18F3N5. The molecule has 2 aromatic heterocycles. The Labute approximate surface area is 143 Å². The highest BCUT2D eigenvalue weighted by atomic mass is 19.4. The first-order chi connectivity index (χ1) is 11.8. The zero-order valence-corrected chi connectivity index (χ0v) is 13.9. The highest BCUT2D eigenvalue weighted by molar-refractivity contribution is 5.37.